The molecule has 2 aromatic heterocycles. The fourth-order valence-electron chi connectivity index (χ4n) is 1.51. The van der Waals surface area contributed by atoms with E-state index in [4.69, 9.17) is 0 Å². The van der Waals surface area contributed by atoms with Gasteiger partial charge in [-0.25, -0.2) is 9.97 Å². The van der Waals surface area contributed by atoms with E-state index in [1.54, 1.807) is 17.5 Å². The van der Waals surface area contributed by atoms with Crippen LogP contribution in [-0.4, -0.2) is 28.5 Å². The minimum Gasteiger partial charge on any atom is -0.373 e. The average Bonchev–Trinajstić information content (AvgIpc) is 2.69. The Morgan fingerprint density at radius 3 is 2.78 bits per heavy atom. The fourth-order valence-corrected chi connectivity index (χ4v) is 2.44. The van der Waals surface area contributed by atoms with Gasteiger partial charge in [-0.1, -0.05) is 0 Å². The number of anilines is 2. The molecule has 0 radical (unpaired) electrons. The summed E-state index contributed by atoms with van der Waals surface area (Å²) in [6.07, 6.45) is 2.63. The van der Waals surface area contributed by atoms with Crippen LogP contribution in [0.3, 0.4) is 0 Å². The predicted octanol–water partition coefficient (Wildman–Crippen LogP) is 2.25. The molecule has 0 aliphatic rings. The van der Waals surface area contributed by atoms with Gasteiger partial charge >= 0.3 is 0 Å². The second kappa shape index (κ2) is 5.77. The Balaban J connectivity index is 1.88. The maximum Gasteiger partial charge on any atom is 0.224 e. The topological polar surface area (TPSA) is 62.7 Å². The molecule has 2 rings (SSSR count). The molecule has 5 nitrogen and oxygen atoms in total. The van der Waals surface area contributed by atoms with Gasteiger partial charge in [0.2, 0.25) is 5.95 Å². The summed E-state index contributed by atoms with van der Waals surface area (Å²) in [6.45, 7) is 4.94. The van der Waals surface area contributed by atoms with Crippen molar-refractivity contribution in [2.24, 2.45) is 0 Å². The van der Waals surface area contributed by atoms with Crippen LogP contribution in [0.1, 0.15) is 15.6 Å². The van der Waals surface area contributed by atoms with E-state index in [1.165, 1.54) is 4.88 Å². The average molecular weight is 263 g/mol. The van der Waals surface area contributed by atoms with Crippen LogP contribution in [0.15, 0.2) is 12.3 Å². The SMILES string of the molecule is CNc1ccnc(NCCc2nc(C)c(C)s2)n1. The Labute approximate surface area is 111 Å². The Hall–Kier alpha value is -1.69. The number of aryl methyl sites for hydroxylation is 2. The highest BCUT2D eigenvalue weighted by molar-refractivity contribution is 7.11. The summed E-state index contributed by atoms with van der Waals surface area (Å²) < 4.78 is 0. The molecule has 0 aromatic carbocycles. The summed E-state index contributed by atoms with van der Waals surface area (Å²) in [4.78, 5) is 14.2. The van der Waals surface area contributed by atoms with Crippen molar-refractivity contribution in [3.63, 3.8) is 0 Å². The summed E-state index contributed by atoms with van der Waals surface area (Å²) in [5.41, 5.74) is 1.13. The van der Waals surface area contributed by atoms with Gasteiger partial charge in [0.25, 0.3) is 0 Å². The highest BCUT2D eigenvalue weighted by Crippen LogP contribution is 2.16. The van der Waals surface area contributed by atoms with Gasteiger partial charge in [-0.15, -0.1) is 11.3 Å². The molecule has 0 atom stereocenters. The lowest BCUT2D eigenvalue weighted by Gasteiger charge is -2.04. The monoisotopic (exact) mass is 263 g/mol. The van der Waals surface area contributed by atoms with Gasteiger partial charge in [0, 0.05) is 31.1 Å². The van der Waals surface area contributed by atoms with Crippen LogP contribution < -0.4 is 10.6 Å². The summed E-state index contributed by atoms with van der Waals surface area (Å²) in [5, 5.41) is 7.34. The van der Waals surface area contributed by atoms with Crippen LogP contribution in [0.25, 0.3) is 0 Å². The summed E-state index contributed by atoms with van der Waals surface area (Å²) in [7, 11) is 1.84. The Morgan fingerprint density at radius 2 is 2.11 bits per heavy atom. The molecule has 2 heterocycles. The number of rotatable bonds is 5. The number of hydrogen-bond acceptors (Lipinski definition) is 6. The Kier molecular flexibility index (Phi) is 4.09. The van der Waals surface area contributed by atoms with Crippen molar-refractivity contribution in [2.45, 2.75) is 20.3 Å². The van der Waals surface area contributed by atoms with Gasteiger partial charge in [-0.2, -0.15) is 4.98 Å². The van der Waals surface area contributed by atoms with E-state index in [1.807, 2.05) is 20.0 Å². The number of hydrogen-bond donors (Lipinski definition) is 2. The third-order valence-electron chi connectivity index (χ3n) is 2.61. The molecule has 6 heteroatoms. The van der Waals surface area contributed by atoms with Crippen molar-refractivity contribution in [3.8, 4) is 0 Å². The van der Waals surface area contributed by atoms with E-state index >= 15 is 0 Å². The smallest absolute Gasteiger partial charge is 0.224 e. The molecule has 2 N–H and O–H groups in total. The van der Waals surface area contributed by atoms with Crippen molar-refractivity contribution in [1.82, 2.24) is 15.0 Å². The summed E-state index contributed by atoms with van der Waals surface area (Å²) >= 11 is 1.75. The molecule has 0 aliphatic carbocycles. The molecule has 18 heavy (non-hydrogen) atoms. The summed E-state index contributed by atoms with van der Waals surface area (Å²) in [6, 6.07) is 1.83. The third kappa shape index (κ3) is 3.16. The molecule has 0 saturated heterocycles. The first-order valence-corrected chi connectivity index (χ1v) is 6.68. The largest absolute Gasteiger partial charge is 0.373 e. The molecule has 0 fully saturated rings. The van der Waals surface area contributed by atoms with Crippen molar-refractivity contribution in [2.75, 3.05) is 24.2 Å². The van der Waals surface area contributed by atoms with Crippen LogP contribution >= 0.6 is 11.3 Å². The molecular weight excluding hydrogens is 246 g/mol. The quantitative estimate of drug-likeness (QED) is 0.866. The zero-order valence-corrected chi connectivity index (χ0v) is 11.6. The Bertz CT molecular complexity index is 503. The van der Waals surface area contributed by atoms with Crippen molar-refractivity contribution >= 4 is 23.1 Å². The van der Waals surface area contributed by atoms with Crippen molar-refractivity contribution in [3.05, 3.63) is 27.8 Å². The van der Waals surface area contributed by atoms with Gasteiger partial charge in [-0.05, 0) is 19.9 Å². The predicted molar refractivity (Wildman–Crippen MR) is 75.4 cm³/mol. The van der Waals surface area contributed by atoms with Gasteiger partial charge in [-0.3, -0.25) is 0 Å². The maximum absolute atomic E-state index is 4.50. The van der Waals surface area contributed by atoms with Crippen LogP contribution in [0, 0.1) is 13.8 Å². The number of aromatic nitrogens is 3. The number of nitrogens with zero attached hydrogens (tertiary/aromatic N) is 3. The van der Waals surface area contributed by atoms with E-state index in [2.05, 4.69) is 32.5 Å². The lowest BCUT2D eigenvalue weighted by Crippen LogP contribution is -2.08. The van der Waals surface area contributed by atoms with E-state index in [9.17, 15) is 0 Å². The van der Waals surface area contributed by atoms with E-state index in [-0.39, 0.29) is 0 Å². The minimum atomic E-state index is 0.645. The summed E-state index contributed by atoms with van der Waals surface area (Å²) in [5.74, 6) is 1.46. The minimum absolute atomic E-state index is 0.645. The third-order valence-corrected chi connectivity index (χ3v) is 3.74. The number of thiazole rings is 1. The molecule has 0 unspecified atom stereocenters. The lowest BCUT2D eigenvalue weighted by molar-refractivity contribution is 0.961. The number of nitrogens with one attached hydrogen (secondary N) is 2. The van der Waals surface area contributed by atoms with Crippen LogP contribution in [0.4, 0.5) is 11.8 Å². The van der Waals surface area contributed by atoms with Gasteiger partial charge in [0.1, 0.15) is 5.82 Å². The standard InChI is InChI=1S/C12H17N5S/c1-8-9(2)18-11(16-8)5-7-15-12-14-6-4-10(13-3)17-12/h4,6H,5,7H2,1-3H3,(H2,13,14,15,17). The van der Waals surface area contributed by atoms with Crippen molar-refractivity contribution in [1.29, 1.82) is 0 Å². The molecular formula is C12H17N5S. The van der Waals surface area contributed by atoms with Crippen molar-refractivity contribution < 1.29 is 0 Å². The maximum atomic E-state index is 4.50. The van der Waals surface area contributed by atoms with Crippen LogP contribution in [0.2, 0.25) is 0 Å². The second-order valence-electron chi connectivity index (χ2n) is 3.94. The van der Waals surface area contributed by atoms with E-state index in [0.29, 0.717) is 5.95 Å². The van der Waals surface area contributed by atoms with E-state index < -0.39 is 0 Å². The molecule has 96 valence electrons. The highest BCUT2D eigenvalue weighted by Gasteiger charge is 2.03. The zero-order chi connectivity index (χ0) is 13.0. The molecule has 0 spiro atoms. The van der Waals surface area contributed by atoms with Gasteiger partial charge in [0.05, 0.1) is 10.7 Å². The molecule has 0 bridgehead atoms. The molecule has 0 saturated carbocycles. The lowest BCUT2D eigenvalue weighted by atomic mass is 10.4. The Morgan fingerprint density at radius 1 is 1.28 bits per heavy atom. The van der Waals surface area contributed by atoms with E-state index in [0.717, 1.165) is 29.5 Å². The highest BCUT2D eigenvalue weighted by atomic mass is 32.1. The zero-order valence-electron chi connectivity index (χ0n) is 10.8. The van der Waals surface area contributed by atoms with Gasteiger partial charge in [0.15, 0.2) is 0 Å². The van der Waals surface area contributed by atoms with Crippen LogP contribution in [-0.2, 0) is 6.42 Å². The first kappa shape index (κ1) is 12.8. The first-order valence-electron chi connectivity index (χ1n) is 5.86. The van der Waals surface area contributed by atoms with Gasteiger partial charge < -0.3 is 10.6 Å². The molecule has 2 aromatic rings. The first-order chi connectivity index (χ1) is 8.69. The fraction of sp³-hybridized carbons (Fsp3) is 0.417. The molecule has 0 aliphatic heterocycles. The second-order valence-corrected chi connectivity index (χ2v) is 5.23. The normalized spacial score (nSPS) is 10.4. The molecule has 0 amide bonds. The van der Waals surface area contributed by atoms with Crippen LogP contribution in [0.5, 0.6) is 0 Å².